The van der Waals surface area contributed by atoms with Crippen molar-refractivity contribution in [2.24, 2.45) is 0 Å². The quantitative estimate of drug-likeness (QED) is 0.649. The van der Waals surface area contributed by atoms with E-state index in [1.165, 1.54) is 5.56 Å². The van der Waals surface area contributed by atoms with Crippen LogP contribution in [0.4, 0.5) is 0 Å². The molecular formula is C9H12S2. The highest BCUT2D eigenvalue weighted by molar-refractivity contribution is 7.80. The van der Waals surface area contributed by atoms with Gasteiger partial charge in [-0.25, -0.2) is 0 Å². The number of hydrogen-bond acceptors (Lipinski definition) is 2. The van der Waals surface area contributed by atoms with Crippen molar-refractivity contribution < 1.29 is 0 Å². The monoisotopic (exact) mass is 184 g/mol. The molecule has 0 aromatic heterocycles. The fourth-order valence-corrected chi connectivity index (χ4v) is 1.38. The maximum atomic E-state index is 4.26. The molecule has 0 bridgehead atoms. The van der Waals surface area contributed by atoms with Crippen molar-refractivity contribution >= 4 is 25.3 Å². The number of benzene rings is 1. The first-order valence-corrected chi connectivity index (χ1v) is 4.72. The topological polar surface area (TPSA) is 0 Å². The molecule has 0 fully saturated rings. The molecule has 2 heteroatoms. The van der Waals surface area contributed by atoms with E-state index in [2.05, 4.69) is 44.3 Å². The smallest absolute Gasteiger partial charge is 0.00428 e. The van der Waals surface area contributed by atoms with Gasteiger partial charge in [-0.2, -0.15) is 12.6 Å². The van der Waals surface area contributed by atoms with Gasteiger partial charge in [0.2, 0.25) is 0 Å². The van der Waals surface area contributed by atoms with Crippen LogP contribution in [0, 0.1) is 0 Å². The highest BCUT2D eigenvalue weighted by atomic mass is 32.1. The molecule has 0 aliphatic carbocycles. The van der Waals surface area contributed by atoms with E-state index in [-0.39, 0.29) is 0 Å². The Morgan fingerprint density at radius 3 is 2.73 bits per heavy atom. The van der Waals surface area contributed by atoms with Crippen LogP contribution in [0.1, 0.15) is 18.4 Å². The summed E-state index contributed by atoms with van der Waals surface area (Å²) in [7, 11) is 0. The van der Waals surface area contributed by atoms with Crippen molar-refractivity contribution in [1.29, 1.82) is 0 Å². The molecule has 0 nitrogen and oxygen atoms in total. The molecule has 1 aromatic carbocycles. The Labute approximate surface area is 78.8 Å². The van der Waals surface area contributed by atoms with E-state index in [1.807, 2.05) is 12.1 Å². The van der Waals surface area contributed by atoms with Crippen molar-refractivity contribution in [2.45, 2.75) is 17.7 Å². The fourth-order valence-electron chi connectivity index (χ4n) is 0.937. The molecule has 0 heterocycles. The van der Waals surface area contributed by atoms with Gasteiger partial charge in [-0.3, -0.25) is 0 Å². The third-order valence-corrected chi connectivity index (χ3v) is 2.54. The third-order valence-electron chi connectivity index (χ3n) is 1.71. The molecule has 60 valence electrons. The summed E-state index contributed by atoms with van der Waals surface area (Å²) in [6.07, 6.45) is 0. The Bertz CT molecular complexity index is 233. The van der Waals surface area contributed by atoms with Gasteiger partial charge in [0.1, 0.15) is 0 Å². The van der Waals surface area contributed by atoms with Gasteiger partial charge in [0.05, 0.1) is 0 Å². The molecule has 0 spiro atoms. The Morgan fingerprint density at radius 1 is 1.45 bits per heavy atom. The van der Waals surface area contributed by atoms with Crippen LogP contribution < -0.4 is 0 Å². The minimum atomic E-state index is 0.519. The molecule has 0 amide bonds. The Balaban J connectivity index is 2.86. The predicted molar refractivity (Wildman–Crippen MR) is 56.0 cm³/mol. The van der Waals surface area contributed by atoms with Crippen LogP contribution in [-0.4, -0.2) is 5.75 Å². The van der Waals surface area contributed by atoms with Gasteiger partial charge in [0.25, 0.3) is 0 Å². The highest BCUT2D eigenvalue weighted by Crippen LogP contribution is 2.18. The van der Waals surface area contributed by atoms with E-state index in [4.69, 9.17) is 0 Å². The zero-order valence-electron chi connectivity index (χ0n) is 6.49. The lowest BCUT2D eigenvalue weighted by Gasteiger charge is -2.07. The first kappa shape index (κ1) is 9.01. The van der Waals surface area contributed by atoms with E-state index in [0.717, 1.165) is 10.6 Å². The minimum Gasteiger partial charge on any atom is -0.179 e. The largest absolute Gasteiger partial charge is 0.179 e. The molecule has 0 radical (unpaired) electrons. The van der Waals surface area contributed by atoms with E-state index in [1.54, 1.807) is 0 Å². The standard InChI is InChI=1S/C9H12S2/c1-7(6-10)8-3-2-4-9(11)5-8/h2-5,7,10-11H,6H2,1H3. The summed E-state index contributed by atoms with van der Waals surface area (Å²) in [6, 6.07) is 8.21. The second kappa shape index (κ2) is 4.07. The lowest BCUT2D eigenvalue weighted by atomic mass is 10.0. The van der Waals surface area contributed by atoms with Gasteiger partial charge >= 0.3 is 0 Å². The SMILES string of the molecule is CC(CS)c1cccc(S)c1. The van der Waals surface area contributed by atoms with Crippen LogP contribution in [0.25, 0.3) is 0 Å². The maximum absolute atomic E-state index is 4.26. The van der Waals surface area contributed by atoms with Crippen LogP contribution in [0.15, 0.2) is 29.2 Å². The highest BCUT2D eigenvalue weighted by Gasteiger charge is 2.01. The van der Waals surface area contributed by atoms with Gasteiger partial charge < -0.3 is 0 Å². The summed E-state index contributed by atoms with van der Waals surface area (Å²) >= 11 is 8.50. The normalized spacial score (nSPS) is 13.0. The molecule has 1 atom stereocenters. The molecule has 1 aromatic rings. The molecule has 0 aliphatic heterocycles. The van der Waals surface area contributed by atoms with Gasteiger partial charge in [-0.15, -0.1) is 12.6 Å². The number of hydrogen-bond donors (Lipinski definition) is 2. The lowest BCUT2D eigenvalue weighted by molar-refractivity contribution is 0.879. The van der Waals surface area contributed by atoms with Crippen molar-refractivity contribution in [2.75, 3.05) is 5.75 Å². The maximum Gasteiger partial charge on any atom is 0.00428 e. The molecule has 0 N–H and O–H groups in total. The molecule has 1 rings (SSSR count). The van der Waals surface area contributed by atoms with E-state index < -0.39 is 0 Å². The van der Waals surface area contributed by atoms with Crippen LogP contribution in [-0.2, 0) is 0 Å². The lowest BCUT2D eigenvalue weighted by Crippen LogP contribution is -1.93. The fraction of sp³-hybridized carbons (Fsp3) is 0.333. The van der Waals surface area contributed by atoms with E-state index in [9.17, 15) is 0 Å². The van der Waals surface area contributed by atoms with Crippen LogP contribution in [0.2, 0.25) is 0 Å². The summed E-state index contributed by atoms with van der Waals surface area (Å²) in [6.45, 7) is 2.16. The van der Waals surface area contributed by atoms with Crippen molar-refractivity contribution in [3.63, 3.8) is 0 Å². The van der Waals surface area contributed by atoms with Crippen LogP contribution in [0.5, 0.6) is 0 Å². The van der Waals surface area contributed by atoms with Gasteiger partial charge in [-0.05, 0) is 29.4 Å². The molecule has 0 aliphatic rings. The Kier molecular flexibility index (Phi) is 3.34. The Morgan fingerprint density at radius 2 is 2.18 bits per heavy atom. The predicted octanol–water partition coefficient (Wildman–Crippen LogP) is 3.01. The van der Waals surface area contributed by atoms with Gasteiger partial charge in [-0.1, -0.05) is 19.1 Å². The van der Waals surface area contributed by atoms with Crippen molar-refractivity contribution in [3.8, 4) is 0 Å². The number of rotatable bonds is 2. The molecule has 0 saturated heterocycles. The summed E-state index contributed by atoms with van der Waals surface area (Å²) in [5.74, 6) is 1.41. The zero-order valence-corrected chi connectivity index (χ0v) is 8.28. The first-order valence-electron chi connectivity index (χ1n) is 3.64. The molecular weight excluding hydrogens is 172 g/mol. The van der Waals surface area contributed by atoms with Crippen molar-refractivity contribution in [3.05, 3.63) is 29.8 Å². The summed E-state index contributed by atoms with van der Waals surface area (Å²) in [5.41, 5.74) is 1.31. The average molecular weight is 184 g/mol. The molecule has 0 saturated carbocycles. The molecule has 1 unspecified atom stereocenters. The second-order valence-corrected chi connectivity index (χ2v) is 3.56. The zero-order chi connectivity index (χ0) is 8.27. The minimum absolute atomic E-state index is 0.519. The van der Waals surface area contributed by atoms with Crippen LogP contribution >= 0.6 is 25.3 Å². The van der Waals surface area contributed by atoms with Gasteiger partial charge in [0.15, 0.2) is 0 Å². The number of thiol groups is 2. The summed E-state index contributed by atoms with van der Waals surface area (Å²) in [5, 5.41) is 0. The summed E-state index contributed by atoms with van der Waals surface area (Å²) < 4.78 is 0. The van der Waals surface area contributed by atoms with E-state index in [0.29, 0.717) is 5.92 Å². The van der Waals surface area contributed by atoms with Crippen LogP contribution in [0.3, 0.4) is 0 Å². The Hall–Kier alpha value is -0.0800. The van der Waals surface area contributed by atoms with E-state index >= 15 is 0 Å². The average Bonchev–Trinajstić information content (AvgIpc) is 2.03. The summed E-state index contributed by atoms with van der Waals surface area (Å²) in [4.78, 5) is 1.02. The second-order valence-electron chi connectivity index (χ2n) is 2.68. The molecule has 11 heavy (non-hydrogen) atoms. The third kappa shape index (κ3) is 2.46. The first-order chi connectivity index (χ1) is 5.24. The van der Waals surface area contributed by atoms with Crippen molar-refractivity contribution in [1.82, 2.24) is 0 Å². The van der Waals surface area contributed by atoms with Gasteiger partial charge in [0, 0.05) is 4.90 Å².